The van der Waals surface area contributed by atoms with Crippen molar-refractivity contribution in [2.24, 2.45) is 0 Å². The molecule has 0 spiro atoms. The van der Waals surface area contributed by atoms with Gasteiger partial charge in [0, 0.05) is 55.6 Å². The van der Waals surface area contributed by atoms with Crippen LogP contribution in [0.4, 0.5) is 8.78 Å². The van der Waals surface area contributed by atoms with Gasteiger partial charge in [0.1, 0.15) is 11.6 Å². The van der Waals surface area contributed by atoms with Gasteiger partial charge in [-0.25, -0.2) is 8.78 Å². The molecule has 2 aliphatic rings. The molecule has 1 unspecified atom stereocenters. The third kappa shape index (κ3) is 6.89. The van der Waals surface area contributed by atoms with Crippen LogP contribution in [0.15, 0.2) is 35.9 Å². The Morgan fingerprint density at radius 1 is 1.05 bits per heavy atom. The van der Waals surface area contributed by atoms with Crippen molar-refractivity contribution in [1.82, 2.24) is 9.80 Å². The molecule has 4 rings (SSSR count). The van der Waals surface area contributed by atoms with E-state index in [0.717, 1.165) is 57.1 Å². The minimum Gasteiger partial charge on any atom is -0.493 e. The molecule has 0 radical (unpaired) electrons. The molecule has 0 N–H and O–H groups in total. The summed E-state index contributed by atoms with van der Waals surface area (Å²) < 4.78 is 49.8. The molecule has 2 heterocycles. The van der Waals surface area contributed by atoms with Crippen LogP contribution in [0, 0.1) is 11.6 Å². The van der Waals surface area contributed by atoms with Crippen LogP contribution in [0.1, 0.15) is 48.5 Å². The van der Waals surface area contributed by atoms with E-state index in [1.807, 2.05) is 6.92 Å². The van der Waals surface area contributed by atoms with Crippen molar-refractivity contribution in [3.05, 3.63) is 58.7 Å². The van der Waals surface area contributed by atoms with E-state index in [4.69, 9.17) is 18.9 Å². The summed E-state index contributed by atoms with van der Waals surface area (Å²) in [4.78, 5) is 18.4. The molecule has 39 heavy (non-hydrogen) atoms. The standard InChI is InChI=1S/C30H38F2N2O5/c1-20(14-21-7-8-23(31)17-26(21)32)18-33(19-25-6-5-11-34(25)24-9-12-39-13-10-24)30(35)22-15-27(36-2)29(38-4)28(16-22)37-3/h7-8,14-17,24-25H,5-6,9-13,18-19H2,1-4H3. The van der Waals surface area contributed by atoms with Gasteiger partial charge in [-0.1, -0.05) is 11.6 Å². The number of hydrogen-bond donors (Lipinski definition) is 0. The summed E-state index contributed by atoms with van der Waals surface area (Å²) in [5.41, 5.74) is 1.46. The van der Waals surface area contributed by atoms with Gasteiger partial charge in [-0.3, -0.25) is 9.69 Å². The highest BCUT2D eigenvalue weighted by Gasteiger charge is 2.34. The smallest absolute Gasteiger partial charge is 0.254 e. The molecule has 0 aliphatic carbocycles. The van der Waals surface area contributed by atoms with Gasteiger partial charge in [-0.05, 0) is 63.4 Å². The van der Waals surface area contributed by atoms with Crippen molar-refractivity contribution >= 4 is 12.0 Å². The normalized spacial score (nSPS) is 18.7. The van der Waals surface area contributed by atoms with E-state index in [1.165, 1.54) is 33.5 Å². The maximum absolute atomic E-state index is 14.4. The van der Waals surface area contributed by atoms with Crippen molar-refractivity contribution in [1.29, 1.82) is 0 Å². The first-order valence-electron chi connectivity index (χ1n) is 13.4. The lowest BCUT2D eigenvalue weighted by molar-refractivity contribution is 0.0233. The van der Waals surface area contributed by atoms with Crippen molar-refractivity contribution < 1.29 is 32.5 Å². The molecule has 7 nitrogen and oxygen atoms in total. The van der Waals surface area contributed by atoms with Crippen molar-refractivity contribution in [3.8, 4) is 17.2 Å². The number of benzene rings is 2. The second-order valence-corrected chi connectivity index (χ2v) is 10.1. The molecular weight excluding hydrogens is 506 g/mol. The van der Waals surface area contributed by atoms with Crippen LogP contribution < -0.4 is 14.2 Å². The minimum atomic E-state index is -0.640. The van der Waals surface area contributed by atoms with Crippen LogP contribution in [0.5, 0.6) is 17.2 Å². The Morgan fingerprint density at radius 3 is 2.36 bits per heavy atom. The summed E-state index contributed by atoms with van der Waals surface area (Å²) in [6, 6.07) is 7.45. The molecule has 0 aromatic heterocycles. The molecule has 1 amide bonds. The van der Waals surface area contributed by atoms with Crippen LogP contribution in [0.2, 0.25) is 0 Å². The fraction of sp³-hybridized carbons (Fsp3) is 0.500. The topological polar surface area (TPSA) is 60.5 Å². The Hall–Kier alpha value is -3.17. The number of nitrogens with zero attached hydrogens (tertiary/aromatic N) is 2. The van der Waals surface area contributed by atoms with Gasteiger partial charge >= 0.3 is 0 Å². The number of carbonyl (C=O) groups excluding carboxylic acids is 1. The Labute approximate surface area is 229 Å². The van der Waals surface area contributed by atoms with Crippen LogP contribution in [0.3, 0.4) is 0 Å². The number of hydrogen-bond acceptors (Lipinski definition) is 6. The number of likely N-dealkylation sites (tertiary alicyclic amines) is 1. The maximum atomic E-state index is 14.4. The Bertz CT molecular complexity index is 1160. The van der Waals surface area contributed by atoms with Crippen LogP contribution in [-0.4, -0.2) is 82.0 Å². The molecule has 0 bridgehead atoms. The number of halogens is 2. The lowest BCUT2D eigenvalue weighted by Crippen LogP contribution is -2.48. The number of amides is 1. The van der Waals surface area contributed by atoms with E-state index in [-0.39, 0.29) is 24.1 Å². The Morgan fingerprint density at radius 2 is 1.74 bits per heavy atom. The zero-order valence-electron chi connectivity index (χ0n) is 23.2. The fourth-order valence-electron chi connectivity index (χ4n) is 5.64. The predicted octanol–water partition coefficient (Wildman–Crippen LogP) is 5.18. The first-order chi connectivity index (χ1) is 18.8. The summed E-state index contributed by atoms with van der Waals surface area (Å²) >= 11 is 0. The van der Waals surface area contributed by atoms with Gasteiger partial charge in [0.2, 0.25) is 5.75 Å². The summed E-state index contributed by atoms with van der Waals surface area (Å²) in [6.45, 7) is 5.16. The van der Waals surface area contributed by atoms with Crippen LogP contribution in [0.25, 0.3) is 6.08 Å². The average Bonchev–Trinajstić information content (AvgIpc) is 3.41. The second-order valence-electron chi connectivity index (χ2n) is 10.1. The van der Waals surface area contributed by atoms with Crippen molar-refractivity contribution in [2.75, 3.05) is 54.2 Å². The number of ether oxygens (including phenoxy) is 4. The quantitative estimate of drug-likeness (QED) is 0.411. The average molecular weight is 545 g/mol. The first-order valence-corrected chi connectivity index (χ1v) is 13.4. The van der Waals surface area contributed by atoms with Gasteiger partial charge in [-0.15, -0.1) is 0 Å². The van der Waals surface area contributed by atoms with Crippen LogP contribution in [-0.2, 0) is 4.74 Å². The zero-order chi connectivity index (χ0) is 27.9. The lowest BCUT2D eigenvalue weighted by atomic mass is 10.0. The third-order valence-electron chi connectivity index (χ3n) is 7.52. The molecule has 2 aromatic carbocycles. The molecule has 2 aliphatic heterocycles. The maximum Gasteiger partial charge on any atom is 0.254 e. The lowest BCUT2D eigenvalue weighted by Gasteiger charge is -2.38. The summed E-state index contributed by atoms with van der Waals surface area (Å²) in [7, 11) is 4.54. The van der Waals surface area contributed by atoms with Gasteiger partial charge in [-0.2, -0.15) is 0 Å². The molecule has 212 valence electrons. The monoisotopic (exact) mass is 544 g/mol. The van der Waals surface area contributed by atoms with Crippen LogP contribution >= 0.6 is 0 Å². The van der Waals surface area contributed by atoms with Gasteiger partial charge < -0.3 is 23.8 Å². The van der Waals surface area contributed by atoms with Gasteiger partial charge in [0.25, 0.3) is 5.91 Å². The molecule has 1 atom stereocenters. The molecule has 2 saturated heterocycles. The summed E-state index contributed by atoms with van der Waals surface area (Å²) in [5.74, 6) is -0.266. The third-order valence-corrected chi connectivity index (χ3v) is 7.52. The largest absolute Gasteiger partial charge is 0.493 e. The second kappa shape index (κ2) is 13.3. The number of carbonyl (C=O) groups is 1. The van der Waals surface area contributed by atoms with Gasteiger partial charge in [0.05, 0.1) is 21.3 Å². The van der Waals surface area contributed by atoms with E-state index < -0.39 is 11.6 Å². The predicted molar refractivity (Wildman–Crippen MR) is 146 cm³/mol. The Kier molecular flexibility index (Phi) is 9.80. The van der Waals surface area contributed by atoms with E-state index in [2.05, 4.69) is 4.90 Å². The summed E-state index contributed by atoms with van der Waals surface area (Å²) in [5, 5.41) is 0. The van der Waals surface area contributed by atoms with E-state index in [1.54, 1.807) is 23.1 Å². The highest BCUT2D eigenvalue weighted by Crippen LogP contribution is 2.38. The highest BCUT2D eigenvalue weighted by molar-refractivity contribution is 5.96. The zero-order valence-corrected chi connectivity index (χ0v) is 23.2. The molecule has 2 fully saturated rings. The first kappa shape index (κ1) is 28.8. The van der Waals surface area contributed by atoms with E-state index in [0.29, 0.717) is 35.4 Å². The molecular formula is C30H38F2N2O5. The van der Waals surface area contributed by atoms with Gasteiger partial charge in [0.15, 0.2) is 11.5 Å². The Balaban J connectivity index is 1.64. The van der Waals surface area contributed by atoms with E-state index >= 15 is 0 Å². The minimum absolute atomic E-state index is 0.194. The number of methoxy groups -OCH3 is 3. The van der Waals surface area contributed by atoms with Crippen molar-refractivity contribution in [3.63, 3.8) is 0 Å². The molecule has 9 heteroatoms. The fourth-order valence-corrected chi connectivity index (χ4v) is 5.64. The molecule has 0 saturated carbocycles. The van der Waals surface area contributed by atoms with Crippen molar-refractivity contribution in [2.45, 2.75) is 44.7 Å². The molecule has 2 aromatic rings. The SMILES string of the molecule is COc1cc(C(=O)N(CC(C)=Cc2ccc(F)cc2F)CC2CCCN2C2CCOCC2)cc(OC)c1OC. The number of rotatable bonds is 10. The summed E-state index contributed by atoms with van der Waals surface area (Å²) in [6.07, 6.45) is 5.70. The van der Waals surface area contributed by atoms with E-state index in [9.17, 15) is 13.6 Å². The highest BCUT2D eigenvalue weighted by atomic mass is 19.1.